The normalized spacial score (nSPS) is 12.0. The van der Waals surface area contributed by atoms with Crippen molar-refractivity contribution in [1.29, 1.82) is 0 Å². The molecule has 0 bridgehead atoms. The van der Waals surface area contributed by atoms with Crippen molar-refractivity contribution in [2.75, 3.05) is 13.6 Å². The Morgan fingerprint density at radius 1 is 1.56 bits per heavy atom. The maximum atomic E-state index is 10.9. The zero-order chi connectivity index (χ0) is 12.2. The van der Waals surface area contributed by atoms with Crippen LogP contribution in [0.5, 0.6) is 0 Å². The van der Waals surface area contributed by atoms with Crippen LogP contribution in [0.25, 0.3) is 0 Å². The van der Waals surface area contributed by atoms with Crippen molar-refractivity contribution >= 4 is 17.3 Å². The van der Waals surface area contributed by atoms with E-state index >= 15 is 0 Å². The lowest BCUT2D eigenvalue weighted by molar-refractivity contribution is -0.147. The molecule has 3 nitrogen and oxygen atoms in total. The number of nitrogens with zero attached hydrogens (tertiary/aromatic N) is 1. The lowest BCUT2D eigenvalue weighted by Crippen LogP contribution is -2.29. The van der Waals surface area contributed by atoms with Crippen LogP contribution in [-0.2, 0) is 11.3 Å². The molecule has 0 aliphatic heterocycles. The van der Waals surface area contributed by atoms with Crippen LogP contribution in [0.4, 0.5) is 0 Å². The third kappa shape index (κ3) is 3.94. The molecule has 0 aliphatic carbocycles. The number of hydrogen-bond donors (Lipinski definition) is 1. The molecule has 0 radical (unpaired) electrons. The lowest BCUT2D eigenvalue weighted by atomic mass is 9.89. The molecule has 1 N–H and O–H groups in total. The molecule has 0 aliphatic rings. The number of rotatable bonds is 6. The fourth-order valence-electron chi connectivity index (χ4n) is 1.32. The van der Waals surface area contributed by atoms with Gasteiger partial charge in [0.15, 0.2) is 0 Å². The lowest BCUT2D eigenvalue weighted by Gasteiger charge is -2.23. The third-order valence-electron chi connectivity index (χ3n) is 2.70. The molecule has 1 heterocycles. The van der Waals surface area contributed by atoms with Gasteiger partial charge in [0, 0.05) is 11.4 Å². The van der Waals surface area contributed by atoms with Crippen LogP contribution in [0.1, 0.15) is 25.1 Å². The van der Waals surface area contributed by atoms with Gasteiger partial charge in [0.2, 0.25) is 0 Å². The maximum Gasteiger partial charge on any atom is 0.309 e. The van der Waals surface area contributed by atoms with E-state index in [0.717, 1.165) is 13.1 Å². The molecule has 0 unspecified atom stereocenters. The van der Waals surface area contributed by atoms with E-state index in [2.05, 4.69) is 16.3 Å². The zero-order valence-electron chi connectivity index (χ0n) is 10.1. The summed E-state index contributed by atoms with van der Waals surface area (Å²) in [6.07, 6.45) is 0.671. The van der Waals surface area contributed by atoms with Gasteiger partial charge in [-0.25, -0.2) is 0 Å². The van der Waals surface area contributed by atoms with Gasteiger partial charge in [0.25, 0.3) is 0 Å². The van der Waals surface area contributed by atoms with Gasteiger partial charge >= 0.3 is 5.97 Å². The number of carboxylic acids is 1. The van der Waals surface area contributed by atoms with Crippen LogP contribution >= 0.6 is 11.3 Å². The molecular weight excluding hydrogens is 222 g/mol. The summed E-state index contributed by atoms with van der Waals surface area (Å²) < 4.78 is 0. The number of hydrogen-bond acceptors (Lipinski definition) is 3. The fourth-order valence-corrected chi connectivity index (χ4v) is 2.11. The summed E-state index contributed by atoms with van der Waals surface area (Å²) in [4.78, 5) is 14.4. The van der Waals surface area contributed by atoms with Gasteiger partial charge in [-0.2, -0.15) is 0 Å². The quantitative estimate of drug-likeness (QED) is 0.832. The van der Waals surface area contributed by atoms with E-state index in [4.69, 9.17) is 5.11 Å². The second kappa shape index (κ2) is 5.46. The van der Waals surface area contributed by atoms with Crippen molar-refractivity contribution in [3.63, 3.8) is 0 Å². The van der Waals surface area contributed by atoms with E-state index in [1.165, 1.54) is 4.88 Å². The van der Waals surface area contributed by atoms with Crippen molar-refractivity contribution in [3.8, 4) is 0 Å². The van der Waals surface area contributed by atoms with Gasteiger partial charge in [-0.1, -0.05) is 6.07 Å². The molecule has 4 heteroatoms. The van der Waals surface area contributed by atoms with E-state index in [1.807, 2.05) is 13.1 Å². The fraction of sp³-hybridized carbons (Fsp3) is 0.583. The molecule has 0 fully saturated rings. The highest BCUT2D eigenvalue weighted by Gasteiger charge is 2.26. The molecule has 1 rings (SSSR count). The van der Waals surface area contributed by atoms with Gasteiger partial charge in [-0.3, -0.25) is 4.79 Å². The summed E-state index contributed by atoms with van der Waals surface area (Å²) in [5.41, 5.74) is -0.635. The Bertz CT molecular complexity index is 333. The van der Waals surface area contributed by atoms with Crippen LogP contribution in [-0.4, -0.2) is 29.6 Å². The summed E-state index contributed by atoms with van der Waals surface area (Å²) in [5, 5.41) is 11.1. The Kier molecular flexibility index (Phi) is 4.50. The summed E-state index contributed by atoms with van der Waals surface area (Å²) in [6.45, 7) is 5.24. The summed E-state index contributed by atoms with van der Waals surface area (Å²) >= 11 is 1.73. The van der Waals surface area contributed by atoms with Crippen LogP contribution < -0.4 is 0 Å². The van der Waals surface area contributed by atoms with E-state index in [-0.39, 0.29) is 0 Å². The van der Waals surface area contributed by atoms with E-state index in [0.29, 0.717) is 6.42 Å². The first kappa shape index (κ1) is 13.2. The number of carboxylic acid groups (broad SMARTS) is 1. The summed E-state index contributed by atoms with van der Waals surface area (Å²) in [6, 6.07) is 4.14. The van der Waals surface area contributed by atoms with Crippen molar-refractivity contribution in [2.24, 2.45) is 5.41 Å². The first-order chi connectivity index (χ1) is 7.42. The van der Waals surface area contributed by atoms with Crippen LogP contribution in [0.2, 0.25) is 0 Å². The number of carbonyl (C=O) groups is 1. The van der Waals surface area contributed by atoms with Crippen molar-refractivity contribution in [1.82, 2.24) is 4.90 Å². The molecule has 1 aromatic heterocycles. The molecule has 0 amide bonds. The number of aliphatic carboxylic acids is 1. The average Bonchev–Trinajstić information content (AvgIpc) is 2.67. The minimum atomic E-state index is -0.725. The molecule has 90 valence electrons. The molecule has 0 aromatic carbocycles. The number of thiophene rings is 1. The highest BCUT2D eigenvalue weighted by molar-refractivity contribution is 7.09. The smallest absolute Gasteiger partial charge is 0.309 e. The standard InChI is InChI=1S/C12H19NO2S/c1-12(2,11(14)15)6-7-13(3)9-10-5-4-8-16-10/h4-5,8H,6-7,9H2,1-3H3,(H,14,15). The minimum absolute atomic E-state index is 0.635. The predicted molar refractivity (Wildman–Crippen MR) is 66.7 cm³/mol. The highest BCUT2D eigenvalue weighted by Crippen LogP contribution is 2.21. The molecule has 0 saturated heterocycles. The van der Waals surface area contributed by atoms with Gasteiger partial charge in [0.1, 0.15) is 0 Å². The Hall–Kier alpha value is -0.870. The monoisotopic (exact) mass is 241 g/mol. The van der Waals surface area contributed by atoms with Crippen LogP contribution in [0.3, 0.4) is 0 Å². The van der Waals surface area contributed by atoms with E-state index < -0.39 is 11.4 Å². The molecule has 16 heavy (non-hydrogen) atoms. The predicted octanol–water partition coefficient (Wildman–Crippen LogP) is 2.68. The summed E-state index contributed by atoms with van der Waals surface area (Å²) in [5.74, 6) is -0.725. The minimum Gasteiger partial charge on any atom is -0.481 e. The van der Waals surface area contributed by atoms with Gasteiger partial charge in [-0.05, 0) is 45.3 Å². The van der Waals surface area contributed by atoms with Gasteiger partial charge < -0.3 is 10.0 Å². The molecule has 1 aromatic rings. The largest absolute Gasteiger partial charge is 0.481 e. The first-order valence-corrected chi connectivity index (χ1v) is 6.24. The van der Waals surface area contributed by atoms with Crippen molar-refractivity contribution in [2.45, 2.75) is 26.8 Å². The van der Waals surface area contributed by atoms with E-state index in [1.54, 1.807) is 25.2 Å². The van der Waals surface area contributed by atoms with Crippen molar-refractivity contribution in [3.05, 3.63) is 22.4 Å². The van der Waals surface area contributed by atoms with Crippen LogP contribution in [0, 0.1) is 5.41 Å². The molecule has 0 saturated carbocycles. The van der Waals surface area contributed by atoms with Crippen molar-refractivity contribution < 1.29 is 9.90 Å². The van der Waals surface area contributed by atoms with E-state index in [9.17, 15) is 4.79 Å². The average molecular weight is 241 g/mol. The Morgan fingerprint density at radius 2 is 2.25 bits per heavy atom. The Morgan fingerprint density at radius 3 is 2.75 bits per heavy atom. The molecule has 0 atom stereocenters. The zero-order valence-corrected chi connectivity index (χ0v) is 10.9. The SMILES string of the molecule is CN(CCC(C)(C)C(=O)O)Cc1cccs1. The topological polar surface area (TPSA) is 40.5 Å². The second-order valence-electron chi connectivity index (χ2n) is 4.76. The summed E-state index contributed by atoms with van der Waals surface area (Å²) in [7, 11) is 2.03. The Balaban J connectivity index is 2.35. The van der Waals surface area contributed by atoms with Gasteiger partial charge in [0.05, 0.1) is 5.41 Å². The third-order valence-corrected chi connectivity index (χ3v) is 3.56. The molecular formula is C12H19NO2S. The van der Waals surface area contributed by atoms with Gasteiger partial charge in [-0.15, -0.1) is 11.3 Å². The van der Waals surface area contributed by atoms with Crippen LogP contribution in [0.15, 0.2) is 17.5 Å². The second-order valence-corrected chi connectivity index (χ2v) is 5.79. The first-order valence-electron chi connectivity index (χ1n) is 5.36. The molecule has 0 spiro atoms. The Labute approximate surface area is 101 Å². The maximum absolute atomic E-state index is 10.9. The highest BCUT2D eigenvalue weighted by atomic mass is 32.1.